The maximum Gasteiger partial charge on any atom is 0.320 e. The van der Waals surface area contributed by atoms with Crippen molar-refractivity contribution in [1.29, 1.82) is 0 Å². The second-order valence-electron chi connectivity index (χ2n) is 7.08. The molecule has 0 saturated heterocycles. The summed E-state index contributed by atoms with van der Waals surface area (Å²) >= 11 is 1.48. The summed E-state index contributed by atoms with van der Waals surface area (Å²) in [5.41, 5.74) is 1.06. The van der Waals surface area contributed by atoms with Gasteiger partial charge in [-0.2, -0.15) is 8.78 Å². The lowest BCUT2D eigenvalue weighted by atomic mass is 10.3. The Morgan fingerprint density at radius 3 is 2.58 bits per heavy atom. The molecule has 0 radical (unpaired) electrons. The number of hydrogen-bond donors (Lipinski definition) is 0. The summed E-state index contributed by atoms with van der Waals surface area (Å²) in [4.78, 5) is 4.48. The molecule has 2 fully saturated rings. The molecule has 2 aliphatic carbocycles. The van der Waals surface area contributed by atoms with Crippen molar-refractivity contribution in [3.8, 4) is 0 Å². The first-order chi connectivity index (χ1) is 12.6. The third-order valence-electron chi connectivity index (χ3n) is 5.01. The predicted octanol–water partition coefficient (Wildman–Crippen LogP) is 5.09. The predicted molar refractivity (Wildman–Crippen MR) is 95.5 cm³/mol. The largest absolute Gasteiger partial charge is 0.320 e. The number of aromatic nitrogens is 5. The van der Waals surface area contributed by atoms with Crippen molar-refractivity contribution in [3.63, 3.8) is 0 Å². The summed E-state index contributed by atoms with van der Waals surface area (Å²) in [6, 6.07) is 7.51. The Labute approximate surface area is 153 Å². The van der Waals surface area contributed by atoms with Crippen molar-refractivity contribution in [2.24, 2.45) is 0 Å². The van der Waals surface area contributed by atoms with Gasteiger partial charge in [0.25, 0.3) is 0 Å². The number of alkyl halides is 2. The molecule has 0 N–H and O–H groups in total. The molecule has 2 heterocycles. The zero-order valence-electron chi connectivity index (χ0n) is 14.3. The van der Waals surface area contributed by atoms with Gasteiger partial charge in [-0.3, -0.25) is 4.57 Å². The van der Waals surface area contributed by atoms with Crippen LogP contribution in [-0.2, 0) is 0 Å². The number of rotatable bonds is 6. The van der Waals surface area contributed by atoms with E-state index in [0.717, 1.165) is 28.4 Å². The molecule has 1 aromatic carbocycles. The van der Waals surface area contributed by atoms with Gasteiger partial charge in [-0.1, -0.05) is 23.9 Å². The number of thioether (sulfide) groups is 1. The van der Waals surface area contributed by atoms with Crippen LogP contribution in [-0.4, -0.2) is 24.3 Å². The van der Waals surface area contributed by atoms with E-state index in [4.69, 9.17) is 0 Å². The maximum atomic E-state index is 13.7. The molecule has 2 saturated carbocycles. The number of hydrogen-bond acceptors (Lipinski definition) is 4. The van der Waals surface area contributed by atoms with Crippen molar-refractivity contribution >= 4 is 22.8 Å². The molecule has 136 valence electrons. The van der Waals surface area contributed by atoms with Crippen LogP contribution in [0, 0.1) is 0 Å². The summed E-state index contributed by atoms with van der Waals surface area (Å²) in [6.07, 6.45) is 4.64. The van der Waals surface area contributed by atoms with Gasteiger partial charge in [0.15, 0.2) is 5.16 Å². The monoisotopic (exact) mass is 375 g/mol. The number of benzene rings is 1. The topological polar surface area (TPSA) is 48.5 Å². The fourth-order valence-corrected chi connectivity index (χ4v) is 4.46. The normalized spacial score (nSPS) is 18.8. The molecule has 0 bridgehead atoms. The smallest absolute Gasteiger partial charge is 0.303 e. The van der Waals surface area contributed by atoms with Crippen LogP contribution in [0.25, 0.3) is 11.0 Å². The van der Waals surface area contributed by atoms with E-state index in [1.807, 2.05) is 13.0 Å². The molecule has 8 heteroatoms. The zero-order chi connectivity index (χ0) is 17.8. The van der Waals surface area contributed by atoms with Crippen LogP contribution in [0.4, 0.5) is 8.78 Å². The third-order valence-corrected chi connectivity index (χ3v) is 6.06. The Kier molecular flexibility index (Phi) is 3.77. The molecule has 5 nitrogen and oxygen atoms in total. The van der Waals surface area contributed by atoms with Gasteiger partial charge < -0.3 is 4.57 Å². The van der Waals surface area contributed by atoms with E-state index in [1.54, 1.807) is 18.2 Å². The van der Waals surface area contributed by atoms with E-state index in [9.17, 15) is 8.78 Å². The second kappa shape index (κ2) is 6.04. The zero-order valence-corrected chi connectivity index (χ0v) is 15.2. The number of nitrogens with zero attached hydrogens (tertiary/aromatic N) is 5. The van der Waals surface area contributed by atoms with Crippen LogP contribution in [0.3, 0.4) is 0 Å². The average molecular weight is 375 g/mol. The first-order valence-corrected chi connectivity index (χ1v) is 9.88. The number of imidazole rings is 1. The molecule has 3 aromatic rings. The molecule has 0 aliphatic heterocycles. The maximum absolute atomic E-state index is 13.7. The van der Waals surface area contributed by atoms with Gasteiger partial charge in [0.1, 0.15) is 11.6 Å². The van der Waals surface area contributed by atoms with Crippen molar-refractivity contribution in [3.05, 3.63) is 35.9 Å². The van der Waals surface area contributed by atoms with Gasteiger partial charge >= 0.3 is 6.55 Å². The van der Waals surface area contributed by atoms with E-state index in [1.165, 1.54) is 24.6 Å². The lowest BCUT2D eigenvalue weighted by Gasteiger charge is -2.14. The molecule has 0 spiro atoms. The summed E-state index contributed by atoms with van der Waals surface area (Å²) < 4.78 is 30.7. The van der Waals surface area contributed by atoms with Crippen molar-refractivity contribution in [2.45, 2.75) is 61.5 Å². The van der Waals surface area contributed by atoms with E-state index in [0.29, 0.717) is 28.8 Å². The van der Waals surface area contributed by atoms with Crippen LogP contribution in [0.15, 0.2) is 29.4 Å². The standard InChI is InChI=1S/C18H19F2N5S/c1-10(15-21-13-4-2-3-5-14(13)25(15)17(19)20)26-18-23-22-16(11-6-7-11)24(18)12-8-9-12/h2-5,10-12,17H,6-9H2,1H3. The van der Waals surface area contributed by atoms with Crippen LogP contribution in [0.1, 0.15) is 68.0 Å². The SMILES string of the molecule is CC(Sc1nnc(C2CC2)n1C1CC1)c1nc2ccccc2n1C(F)F. The van der Waals surface area contributed by atoms with Crippen molar-refractivity contribution < 1.29 is 8.78 Å². The fourth-order valence-electron chi connectivity index (χ4n) is 3.43. The Balaban J connectivity index is 1.51. The van der Waals surface area contributed by atoms with E-state index in [-0.39, 0.29) is 5.25 Å². The highest BCUT2D eigenvalue weighted by molar-refractivity contribution is 7.99. The minimum absolute atomic E-state index is 0.245. The Hall–Kier alpha value is -1.96. The molecule has 1 unspecified atom stereocenters. The van der Waals surface area contributed by atoms with Gasteiger partial charge in [0, 0.05) is 12.0 Å². The van der Waals surface area contributed by atoms with Crippen LogP contribution < -0.4 is 0 Å². The molecule has 26 heavy (non-hydrogen) atoms. The van der Waals surface area contributed by atoms with Crippen LogP contribution in [0.2, 0.25) is 0 Å². The second-order valence-corrected chi connectivity index (χ2v) is 8.39. The molecule has 5 rings (SSSR count). The minimum atomic E-state index is -2.62. The van der Waals surface area contributed by atoms with E-state index >= 15 is 0 Å². The van der Waals surface area contributed by atoms with E-state index < -0.39 is 6.55 Å². The van der Waals surface area contributed by atoms with Gasteiger partial charge in [0.2, 0.25) is 0 Å². The highest BCUT2D eigenvalue weighted by Crippen LogP contribution is 2.47. The molecular formula is C18H19F2N5S. The minimum Gasteiger partial charge on any atom is -0.303 e. The quantitative estimate of drug-likeness (QED) is 0.563. The summed E-state index contributed by atoms with van der Waals surface area (Å²) in [5, 5.41) is 9.37. The van der Waals surface area contributed by atoms with Crippen LogP contribution >= 0.6 is 11.8 Å². The van der Waals surface area contributed by atoms with Gasteiger partial charge in [0.05, 0.1) is 16.3 Å². The Morgan fingerprint density at radius 2 is 1.88 bits per heavy atom. The first kappa shape index (κ1) is 16.2. The average Bonchev–Trinajstić information content (AvgIpc) is 3.55. The summed E-state index contributed by atoms with van der Waals surface area (Å²) in [6.45, 7) is -0.711. The molecule has 0 amide bonds. The Morgan fingerprint density at radius 1 is 1.12 bits per heavy atom. The molecule has 2 aliphatic rings. The lowest BCUT2D eigenvalue weighted by molar-refractivity contribution is 0.0715. The van der Waals surface area contributed by atoms with E-state index in [2.05, 4.69) is 19.7 Å². The van der Waals surface area contributed by atoms with Gasteiger partial charge in [-0.05, 0) is 44.7 Å². The highest BCUT2D eigenvalue weighted by Gasteiger charge is 2.37. The fraction of sp³-hybridized carbons (Fsp3) is 0.500. The third kappa shape index (κ3) is 2.71. The summed E-state index contributed by atoms with van der Waals surface area (Å²) in [5.74, 6) is 1.98. The number of para-hydroxylation sites is 2. The molecular weight excluding hydrogens is 356 g/mol. The lowest BCUT2D eigenvalue weighted by Crippen LogP contribution is -2.08. The van der Waals surface area contributed by atoms with Gasteiger partial charge in [-0.25, -0.2) is 4.98 Å². The Bertz CT molecular complexity index is 958. The number of fused-ring (bicyclic) bond motifs is 1. The number of halogens is 2. The van der Waals surface area contributed by atoms with Crippen LogP contribution in [0.5, 0.6) is 0 Å². The van der Waals surface area contributed by atoms with Crippen molar-refractivity contribution in [2.75, 3.05) is 0 Å². The summed E-state index contributed by atoms with van der Waals surface area (Å²) in [7, 11) is 0. The highest BCUT2D eigenvalue weighted by atomic mass is 32.2. The molecule has 2 aromatic heterocycles. The molecule has 1 atom stereocenters. The first-order valence-electron chi connectivity index (χ1n) is 9.00. The van der Waals surface area contributed by atoms with Crippen molar-refractivity contribution in [1.82, 2.24) is 24.3 Å². The van der Waals surface area contributed by atoms with Gasteiger partial charge in [-0.15, -0.1) is 10.2 Å².